The summed E-state index contributed by atoms with van der Waals surface area (Å²) < 4.78 is 5.07. The molecule has 0 fully saturated rings. The largest absolute Gasteiger partial charge is 0.445 e. The zero-order chi connectivity index (χ0) is 14.2. The van der Waals surface area contributed by atoms with Crippen molar-refractivity contribution in [2.75, 3.05) is 6.54 Å². The van der Waals surface area contributed by atoms with Crippen molar-refractivity contribution in [3.8, 4) is 0 Å². The summed E-state index contributed by atoms with van der Waals surface area (Å²) in [5.41, 5.74) is 1.67. The lowest BCUT2D eigenvalue weighted by Crippen LogP contribution is -2.26. The van der Waals surface area contributed by atoms with Crippen molar-refractivity contribution in [2.45, 2.75) is 13.0 Å². The minimum absolute atomic E-state index is 0.144. The van der Waals surface area contributed by atoms with Gasteiger partial charge >= 0.3 is 6.09 Å². The van der Waals surface area contributed by atoms with Crippen molar-refractivity contribution >= 4 is 6.09 Å². The van der Waals surface area contributed by atoms with Crippen molar-refractivity contribution in [1.29, 1.82) is 0 Å². The smallest absolute Gasteiger partial charge is 0.407 e. The second kappa shape index (κ2) is 7.13. The van der Waals surface area contributed by atoms with Crippen molar-refractivity contribution in [2.24, 2.45) is 0 Å². The Kier molecular flexibility index (Phi) is 4.94. The third-order valence-corrected chi connectivity index (χ3v) is 2.74. The predicted molar refractivity (Wildman–Crippen MR) is 75.4 cm³/mol. The molecule has 1 aromatic carbocycles. The number of carbonyl (C=O) groups is 1. The van der Waals surface area contributed by atoms with Gasteiger partial charge in [-0.15, -0.1) is 0 Å². The van der Waals surface area contributed by atoms with E-state index in [4.69, 9.17) is 4.74 Å². The summed E-state index contributed by atoms with van der Waals surface area (Å²) in [5.74, 6) is 0. The topological polar surface area (TPSA) is 71.2 Å². The van der Waals surface area contributed by atoms with E-state index in [9.17, 15) is 9.59 Å². The standard InChI is InChI=1S/C15H16N2O3/c18-14-10-12(6-8-16-14)7-9-17-15(19)20-11-13-4-2-1-3-5-13/h1-6,8,10H,7,9,11H2,(H,16,18)(H,17,19). The Morgan fingerprint density at radius 2 is 1.95 bits per heavy atom. The van der Waals surface area contributed by atoms with Crippen LogP contribution in [0.25, 0.3) is 0 Å². The first-order chi connectivity index (χ1) is 9.74. The van der Waals surface area contributed by atoms with Gasteiger partial charge in [0.15, 0.2) is 0 Å². The molecule has 5 nitrogen and oxygen atoms in total. The maximum absolute atomic E-state index is 11.5. The molecular weight excluding hydrogens is 256 g/mol. The van der Waals surface area contributed by atoms with E-state index in [0.29, 0.717) is 13.0 Å². The van der Waals surface area contributed by atoms with E-state index in [1.54, 1.807) is 12.3 Å². The predicted octanol–water partition coefficient (Wildman–Crippen LogP) is 1.84. The Hall–Kier alpha value is -2.56. The second-order valence-corrected chi connectivity index (χ2v) is 4.30. The molecule has 1 heterocycles. The zero-order valence-corrected chi connectivity index (χ0v) is 11.0. The van der Waals surface area contributed by atoms with E-state index >= 15 is 0 Å². The van der Waals surface area contributed by atoms with Gasteiger partial charge in [-0.2, -0.15) is 0 Å². The molecule has 0 spiro atoms. The van der Waals surface area contributed by atoms with Crippen LogP contribution in [0.3, 0.4) is 0 Å². The van der Waals surface area contributed by atoms with Gasteiger partial charge in [0, 0.05) is 18.8 Å². The van der Waals surface area contributed by atoms with Crippen LogP contribution in [-0.2, 0) is 17.8 Å². The lowest BCUT2D eigenvalue weighted by Gasteiger charge is -2.07. The fraction of sp³-hybridized carbons (Fsp3) is 0.200. The highest BCUT2D eigenvalue weighted by atomic mass is 16.5. The third kappa shape index (κ3) is 4.61. The Morgan fingerprint density at radius 1 is 1.15 bits per heavy atom. The lowest BCUT2D eigenvalue weighted by molar-refractivity contribution is 0.140. The first-order valence-corrected chi connectivity index (χ1v) is 6.36. The van der Waals surface area contributed by atoms with Crippen molar-refractivity contribution in [3.63, 3.8) is 0 Å². The van der Waals surface area contributed by atoms with Crippen LogP contribution in [0.4, 0.5) is 4.79 Å². The number of amides is 1. The number of hydrogen-bond acceptors (Lipinski definition) is 3. The van der Waals surface area contributed by atoms with E-state index in [1.165, 1.54) is 6.07 Å². The second-order valence-electron chi connectivity index (χ2n) is 4.30. The maximum Gasteiger partial charge on any atom is 0.407 e. The van der Waals surface area contributed by atoms with Crippen LogP contribution < -0.4 is 10.9 Å². The van der Waals surface area contributed by atoms with Gasteiger partial charge < -0.3 is 15.0 Å². The molecule has 0 radical (unpaired) electrons. The normalized spacial score (nSPS) is 10.0. The minimum Gasteiger partial charge on any atom is -0.445 e. The fourth-order valence-corrected chi connectivity index (χ4v) is 1.73. The summed E-state index contributed by atoms with van der Waals surface area (Å²) in [6.07, 6.45) is 1.72. The van der Waals surface area contributed by atoms with Crippen LogP contribution in [0, 0.1) is 0 Å². The number of benzene rings is 1. The highest BCUT2D eigenvalue weighted by Crippen LogP contribution is 2.00. The van der Waals surface area contributed by atoms with Crippen molar-refractivity contribution in [3.05, 3.63) is 70.1 Å². The van der Waals surface area contributed by atoms with Crippen LogP contribution in [0.5, 0.6) is 0 Å². The zero-order valence-electron chi connectivity index (χ0n) is 11.0. The van der Waals surface area contributed by atoms with Gasteiger partial charge in [0.2, 0.25) is 5.56 Å². The molecule has 1 aromatic heterocycles. The van der Waals surface area contributed by atoms with Gasteiger partial charge in [-0.25, -0.2) is 4.79 Å². The molecule has 20 heavy (non-hydrogen) atoms. The fourth-order valence-electron chi connectivity index (χ4n) is 1.73. The number of H-pyrrole nitrogens is 1. The highest BCUT2D eigenvalue weighted by molar-refractivity contribution is 5.67. The molecular formula is C15H16N2O3. The molecule has 2 aromatic rings. The Balaban J connectivity index is 1.69. The van der Waals surface area contributed by atoms with Crippen LogP contribution in [-0.4, -0.2) is 17.6 Å². The maximum atomic E-state index is 11.5. The Morgan fingerprint density at radius 3 is 2.70 bits per heavy atom. The molecule has 104 valence electrons. The third-order valence-electron chi connectivity index (χ3n) is 2.74. The van der Waals surface area contributed by atoms with Crippen LogP contribution in [0.1, 0.15) is 11.1 Å². The molecule has 0 bridgehead atoms. The first-order valence-electron chi connectivity index (χ1n) is 6.36. The Labute approximate surface area is 116 Å². The summed E-state index contributed by atoms with van der Waals surface area (Å²) in [6, 6.07) is 12.8. The van der Waals surface area contributed by atoms with E-state index < -0.39 is 6.09 Å². The molecule has 2 rings (SSSR count). The molecule has 1 amide bonds. The average molecular weight is 272 g/mol. The number of carbonyl (C=O) groups excluding carboxylic acids is 1. The highest BCUT2D eigenvalue weighted by Gasteiger charge is 2.02. The van der Waals surface area contributed by atoms with Crippen LogP contribution in [0.2, 0.25) is 0 Å². The van der Waals surface area contributed by atoms with Crippen molar-refractivity contribution in [1.82, 2.24) is 10.3 Å². The summed E-state index contributed by atoms with van der Waals surface area (Å²) >= 11 is 0. The molecule has 0 saturated heterocycles. The quantitative estimate of drug-likeness (QED) is 0.872. The molecule has 5 heteroatoms. The van der Waals surface area contributed by atoms with E-state index in [-0.39, 0.29) is 12.2 Å². The van der Waals surface area contributed by atoms with Crippen LogP contribution >= 0.6 is 0 Å². The SMILES string of the molecule is O=C(NCCc1cc[nH]c(=O)c1)OCc1ccccc1. The molecule has 0 atom stereocenters. The number of hydrogen-bond donors (Lipinski definition) is 2. The summed E-state index contributed by atoms with van der Waals surface area (Å²) in [5, 5.41) is 2.65. The molecule has 2 N–H and O–H groups in total. The number of alkyl carbamates (subject to hydrolysis) is 1. The summed E-state index contributed by atoms with van der Waals surface area (Å²) in [6.45, 7) is 0.675. The van der Waals surface area contributed by atoms with Gasteiger partial charge in [0.25, 0.3) is 0 Å². The minimum atomic E-state index is -0.460. The number of aromatic nitrogens is 1. The Bertz CT molecular complexity index is 608. The van der Waals surface area contributed by atoms with Gasteiger partial charge in [0.1, 0.15) is 6.61 Å². The van der Waals surface area contributed by atoms with Gasteiger partial charge in [-0.1, -0.05) is 30.3 Å². The van der Waals surface area contributed by atoms with E-state index in [2.05, 4.69) is 10.3 Å². The van der Waals surface area contributed by atoms with Gasteiger partial charge in [0.05, 0.1) is 0 Å². The first kappa shape index (κ1) is 13.9. The lowest BCUT2D eigenvalue weighted by atomic mass is 10.2. The number of aromatic amines is 1. The van der Waals surface area contributed by atoms with Crippen molar-refractivity contribution < 1.29 is 9.53 Å². The summed E-state index contributed by atoms with van der Waals surface area (Å²) in [4.78, 5) is 25.1. The molecule has 0 saturated carbocycles. The number of rotatable bonds is 5. The molecule has 0 aliphatic rings. The van der Waals surface area contributed by atoms with Gasteiger partial charge in [-0.05, 0) is 23.6 Å². The number of ether oxygens (including phenoxy) is 1. The number of nitrogens with one attached hydrogen (secondary N) is 2. The number of pyridine rings is 1. The molecule has 0 aliphatic heterocycles. The van der Waals surface area contributed by atoms with E-state index in [1.807, 2.05) is 30.3 Å². The molecule has 0 aliphatic carbocycles. The summed E-state index contributed by atoms with van der Waals surface area (Å²) in [7, 11) is 0. The monoisotopic (exact) mass is 272 g/mol. The van der Waals surface area contributed by atoms with Gasteiger partial charge in [-0.3, -0.25) is 4.79 Å². The van der Waals surface area contributed by atoms with Crippen LogP contribution in [0.15, 0.2) is 53.5 Å². The molecule has 0 unspecified atom stereocenters. The van der Waals surface area contributed by atoms with E-state index in [0.717, 1.165) is 11.1 Å². The average Bonchev–Trinajstić information content (AvgIpc) is 2.46.